The van der Waals surface area contributed by atoms with Crippen LogP contribution in [-0.2, 0) is 16.1 Å². The van der Waals surface area contributed by atoms with Crippen molar-refractivity contribution in [3.05, 3.63) is 23.3 Å². The van der Waals surface area contributed by atoms with Gasteiger partial charge in [-0.15, -0.1) is 0 Å². The lowest BCUT2D eigenvalue weighted by Crippen LogP contribution is -2.40. The van der Waals surface area contributed by atoms with Crippen molar-refractivity contribution in [2.24, 2.45) is 5.92 Å². The summed E-state index contributed by atoms with van der Waals surface area (Å²) in [6, 6.07) is 4.05. The first-order chi connectivity index (χ1) is 13.4. The number of carboxylic acid groups (broad SMARTS) is 1. The molecule has 1 aliphatic rings. The summed E-state index contributed by atoms with van der Waals surface area (Å²) < 4.78 is 1.80. The molecule has 7 heteroatoms. The van der Waals surface area contributed by atoms with Gasteiger partial charge in [0.2, 0.25) is 5.91 Å². The molecule has 1 saturated heterocycles. The molecular weight excluding hydrogens is 374 g/mol. The van der Waals surface area contributed by atoms with E-state index in [1.165, 1.54) is 0 Å². The van der Waals surface area contributed by atoms with E-state index < -0.39 is 5.97 Å². The van der Waals surface area contributed by atoms with Crippen LogP contribution in [0.15, 0.2) is 17.3 Å². The van der Waals surface area contributed by atoms with Crippen molar-refractivity contribution in [3.63, 3.8) is 0 Å². The largest absolute Gasteiger partial charge is 0.480 e. The maximum atomic E-state index is 12.2. The average Bonchev–Trinajstić information content (AvgIpc) is 2.97. The molecule has 152 valence electrons. The fraction of sp³-hybridized carbons (Fsp3) is 0.571. The molecule has 2 aromatic rings. The van der Waals surface area contributed by atoms with Gasteiger partial charge in [-0.05, 0) is 62.3 Å². The Labute approximate surface area is 170 Å². The number of amides is 1. The van der Waals surface area contributed by atoms with Crippen molar-refractivity contribution in [2.75, 3.05) is 18.8 Å². The van der Waals surface area contributed by atoms with Crippen LogP contribution in [-0.4, -0.2) is 50.3 Å². The van der Waals surface area contributed by atoms with Crippen LogP contribution in [0.3, 0.4) is 0 Å². The number of hydrogen-bond acceptors (Lipinski definition) is 4. The van der Waals surface area contributed by atoms with E-state index in [9.17, 15) is 14.7 Å². The molecule has 1 atom stereocenters. The summed E-state index contributed by atoms with van der Waals surface area (Å²) in [7, 11) is 0. The van der Waals surface area contributed by atoms with E-state index >= 15 is 0 Å². The van der Waals surface area contributed by atoms with Crippen LogP contribution < -0.4 is 0 Å². The Morgan fingerprint density at radius 1 is 1.29 bits per heavy atom. The number of likely N-dealkylation sites (tertiary alicyclic amines) is 1. The van der Waals surface area contributed by atoms with Crippen molar-refractivity contribution >= 4 is 34.7 Å². The number of benzene rings is 1. The molecule has 0 aliphatic carbocycles. The van der Waals surface area contributed by atoms with Crippen molar-refractivity contribution in [1.82, 2.24) is 14.5 Å². The fourth-order valence-corrected chi connectivity index (χ4v) is 4.89. The third-order valence-corrected chi connectivity index (χ3v) is 6.61. The number of carbonyl (C=O) groups is 2. The molecule has 1 aromatic heterocycles. The lowest BCUT2D eigenvalue weighted by atomic mass is 10.00. The standard InChI is InChI=1S/C21H29N3O3S/c1-4-6-19(25)23-8-5-7-16(11-23)13-28-21-22-17-9-14(2)15(3)10-18(17)24(21)12-20(26)27/h9-10,16H,4-8,11-13H2,1-3H3,(H,26,27). The number of carbonyl (C=O) groups excluding carboxylic acids is 1. The van der Waals surface area contributed by atoms with Gasteiger partial charge in [0.15, 0.2) is 5.16 Å². The zero-order valence-electron chi connectivity index (χ0n) is 16.9. The number of carboxylic acids is 1. The van der Waals surface area contributed by atoms with Crippen molar-refractivity contribution in [3.8, 4) is 0 Å². The minimum atomic E-state index is -0.867. The summed E-state index contributed by atoms with van der Waals surface area (Å²) in [4.78, 5) is 30.3. The first kappa shape index (κ1) is 20.7. The highest BCUT2D eigenvalue weighted by molar-refractivity contribution is 7.99. The molecule has 2 heterocycles. The first-order valence-corrected chi connectivity index (χ1v) is 11.0. The SMILES string of the molecule is CCCC(=O)N1CCCC(CSc2nc3cc(C)c(C)cc3n2CC(=O)O)C1. The minimum absolute atomic E-state index is 0.0902. The van der Waals surface area contributed by atoms with Gasteiger partial charge in [-0.1, -0.05) is 18.7 Å². The van der Waals surface area contributed by atoms with Crippen LogP contribution in [0.25, 0.3) is 11.0 Å². The van der Waals surface area contributed by atoms with Crippen LogP contribution in [0.2, 0.25) is 0 Å². The van der Waals surface area contributed by atoms with Crippen molar-refractivity contribution in [2.45, 2.75) is 58.2 Å². The number of nitrogens with zero attached hydrogens (tertiary/aromatic N) is 3. The lowest BCUT2D eigenvalue weighted by molar-refractivity contribution is -0.137. The highest BCUT2D eigenvalue weighted by atomic mass is 32.2. The van der Waals surface area contributed by atoms with Gasteiger partial charge in [0, 0.05) is 25.3 Å². The second-order valence-corrected chi connectivity index (χ2v) is 8.70. The number of piperidine rings is 1. The number of aromatic nitrogens is 2. The third kappa shape index (κ3) is 4.69. The summed E-state index contributed by atoms with van der Waals surface area (Å²) >= 11 is 1.61. The monoisotopic (exact) mass is 403 g/mol. The molecule has 0 spiro atoms. The van der Waals surface area contributed by atoms with Gasteiger partial charge in [0.25, 0.3) is 0 Å². The zero-order chi connectivity index (χ0) is 20.3. The van der Waals surface area contributed by atoms with Crippen LogP contribution in [0.5, 0.6) is 0 Å². The van der Waals surface area contributed by atoms with E-state index in [1.807, 2.05) is 37.8 Å². The summed E-state index contributed by atoms with van der Waals surface area (Å²) in [6.07, 6.45) is 3.63. The second kappa shape index (κ2) is 8.99. The normalized spacial score (nSPS) is 17.2. The Hall–Kier alpha value is -2.02. The predicted molar refractivity (Wildman–Crippen MR) is 112 cm³/mol. The van der Waals surface area contributed by atoms with Crippen molar-refractivity contribution < 1.29 is 14.7 Å². The number of aryl methyl sites for hydroxylation is 2. The van der Waals surface area contributed by atoms with Gasteiger partial charge in [-0.3, -0.25) is 9.59 Å². The number of hydrogen-bond donors (Lipinski definition) is 1. The van der Waals surface area contributed by atoms with Gasteiger partial charge in [0.1, 0.15) is 6.54 Å². The Kier molecular flexibility index (Phi) is 6.65. The number of aliphatic carboxylic acids is 1. The predicted octanol–water partition coefficient (Wildman–Crippen LogP) is 3.87. The van der Waals surface area contributed by atoms with Crippen LogP contribution >= 0.6 is 11.8 Å². The number of imidazole rings is 1. The summed E-state index contributed by atoms with van der Waals surface area (Å²) in [5.41, 5.74) is 4.00. The van der Waals surface area contributed by atoms with Crippen molar-refractivity contribution in [1.29, 1.82) is 0 Å². The molecule has 1 aliphatic heterocycles. The molecule has 28 heavy (non-hydrogen) atoms. The summed E-state index contributed by atoms with van der Waals surface area (Å²) in [6.45, 7) is 7.67. The van der Waals surface area contributed by atoms with E-state index in [2.05, 4.69) is 0 Å². The second-order valence-electron chi connectivity index (χ2n) is 7.71. The highest BCUT2D eigenvalue weighted by Crippen LogP contribution is 2.30. The maximum absolute atomic E-state index is 12.2. The molecular formula is C21H29N3O3S. The fourth-order valence-electron chi connectivity index (χ4n) is 3.75. The van der Waals surface area contributed by atoms with Crippen LogP contribution in [0.4, 0.5) is 0 Å². The first-order valence-electron chi connectivity index (χ1n) is 9.99. The number of fused-ring (bicyclic) bond motifs is 1. The molecule has 1 aromatic carbocycles. The third-order valence-electron chi connectivity index (χ3n) is 5.41. The van der Waals surface area contributed by atoms with E-state index in [1.54, 1.807) is 16.3 Å². The number of thioether (sulfide) groups is 1. The molecule has 3 rings (SSSR count). The molecule has 6 nitrogen and oxygen atoms in total. The molecule has 1 fully saturated rings. The van der Waals surface area contributed by atoms with E-state index in [4.69, 9.17) is 4.98 Å². The Bertz CT molecular complexity index is 877. The maximum Gasteiger partial charge on any atom is 0.323 e. The van der Waals surface area contributed by atoms with E-state index in [0.29, 0.717) is 12.3 Å². The molecule has 1 N–H and O–H groups in total. The summed E-state index contributed by atoms with van der Waals surface area (Å²) in [5, 5.41) is 10.1. The minimum Gasteiger partial charge on any atom is -0.480 e. The Balaban J connectivity index is 1.76. The van der Waals surface area contributed by atoms with Gasteiger partial charge in [0.05, 0.1) is 11.0 Å². The Morgan fingerprint density at radius 2 is 2.04 bits per heavy atom. The topological polar surface area (TPSA) is 75.4 Å². The highest BCUT2D eigenvalue weighted by Gasteiger charge is 2.24. The number of rotatable bonds is 7. The van der Waals surface area contributed by atoms with E-state index in [0.717, 1.165) is 65.4 Å². The van der Waals surface area contributed by atoms with Gasteiger partial charge >= 0.3 is 5.97 Å². The van der Waals surface area contributed by atoms with E-state index in [-0.39, 0.29) is 12.5 Å². The molecule has 0 saturated carbocycles. The quantitative estimate of drug-likeness (QED) is 0.710. The van der Waals surface area contributed by atoms with Crippen LogP contribution in [0, 0.1) is 19.8 Å². The molecule has 0 radical (unpaired) electrons. The molecule has 1 unspecified atom stereocenters. The van der Waals surface area contributed by atoms with Gasteiger partial charge in [-0.25, -0.2) is 4.98 Å². The summed E-state index contributed by atoms with van der Waals surface area (Å²) in [5.74, 6) is 0.646. The van der Waals surface area contributed by atoms with Gasteiger partial charge < -0.3 is 14.6 Å². The zero-order valence-corrected chi connectivity index (χ0v) is 17.7. The molecule has 0 bridgehead atoms. The van der Waals surface area contributed by atoms with Gasteiger partial charge in [-0.2, -0.15) is 0 Å². The van der Waals surface area contributed by atoms with Crippen LogP contribution in [0.1, 0.15) is 43.7 Å². The average molecular weight is 404 g/mol. The Morgan fingerprint density at radius 3 is 2.75 bits per heavy atom. The smallest absolute Gasteiger partial charge is 0.323 e. The molecule has 1 amide bonds. The lowest BCUT2D eigenvalue weighted by Gasteiger charge is -2.32.